The molecule has 0 radical (unpaired) electrons. The van der Waals surface area contributed by atoms with Crippen LogP contribution in [0.5, 0.6) is 0 Å². The zero-order valence-electron chi connectivity index (χ0n) is 10.2. The molecule has 2 rings (SSSR count). The highest BCUT2D eigenvalue weighted by molar-refractivity contribution is 7.94. The minimum absolute atomic E-state index is 0.00366. The maximum absolute atomic E-state index is 12.1. The van der Waals surface area contributed by atoms with Crippen molar-refractivity contribution in [2.75, 3.05) is 11.3 Å². The van der Waals surface area contributed by atoms with E-state index in [0.717, 1.165) is 27.6 Å². The van der Waals surface area contributed by atoms with Gasteiger partial charge >= 0.3 is 0 Å². The van der Waals surface area contributed by atoms with Crippen LogP contribution in [0.4, 0.5) is 5.13 Å². The normalized spacial score (nSPS) is 11.7. The quantitative estimate of drug-likeness (QED) is 0.842. The first kappa shape index (κ1) is 14.4. The Hall–Kier alpha value is -1.03. The van der Waals surface area contributed by atoms with Gasteiger partial charge in [-0.15, -0.1) is 21.5 Å². The second-order valence-corrected chi connectivity index (χ2v) is 7.79. The lowest BCUT2D eigenvalue weighted by atomic mass is 10.4. The first-order valence-electron chi connectivity index (χ1n) is 5.60. The summed E-state index contributed by atoms with van der Waals surface area (Å²) >= 11 is 2.37. The molecular formula is C10H13N3O3S3. The van der Waals surface area contributed by atoms with Crippen LogP contribution in [0.15, 0.2) is 16.3 Å². The highest BCUT2D eigenvalue weighted by Crippen LogP contribution is 2.25. The van der Waals surface area contributed by atoms with Crippen molar-refractivity contribution in [2.45, 2.75) is 24.0 Å². The van der Waals surface area contributed by atoms with E-state index in [0.29, 0.717) is 6.42 Å². The summed E-state index contributed by atoms with van der Waals surface area (Å²) in [5, 5.41) is 17.5. The average Bonchev–Trinajstić information content (AvgIpc) is 2.98. The Morgan fingerprint density at radius 3 is 2.74 bits per heavy atom. The Bertz CT molecular complexity index is 648. The van der Waals surface area contributed by atoms with Gasteiger partial charge in [0, 0.05) is 17.9 Å². The third kappa shape index (κ3) is 3.50. The Morgan fingerprint density at radius 1 is 1.32 bits per heavy atom. The minimum atomic E-state index is -3.61. The van der Waals surface area contributed by atoms with Gasteiger partial charge in [-0.05, 0) is 18.6 Å². The molecule has 0 saturated heterocycles. The molecule has 0 aliphatic rings. The maximum Gasteiger partial charge on any atom is 0.273 e. The molecule has 9 heteroatoms. The predicted molar refractivity (Wildman–Crippen MR) is 75.2 cm³/mol. The SMILES string of the molecule is CCc1nnc(NS(=O)(=O)c2ccc(CCO)s2)s1. The Labute approximate surface area is 119 Å². The molecule has 0 amide bonds. The molecule has 0 atom stereocenters. The largest absolute Gasteiger partial charge is 0.396 e. The fourth-order valence-electron chi connectivity index (χ4n) is 1.35. The molecule has 104 valence electrons. The topological polar surface area (TPSA) is 92.2 Å². The zero-order chi connectivity index (χ0) is 13.9. The number of aliphatic hydroxyl groups excluding tert-OH is 1. The van der Waals surface area contributed by atoms with E-state index in [1.165, 1.54) is 17.4 Å². The summed E-state index contributed by atoms with van der Waals surface area (Å²) in [5.74, 6) is 0. The number of hydrogen-bond donors (Lipinski definition) is 2. The summed E-state index contributed by atoms with van der Waals surface area (Å²) < 4.78 is 26.8. The van der Waals surface area contributed by atoms with Gasteiger partial charge in [-0.25, -0.2) is 8.42 Å². The molecule has 2 heterocycles. The van der Waals surface area contributed by atoms with E-state index in [1.807, 2.05) is 6.92 Å². The standard InChI is InChI=1S/C10H13N3O3S3/c1-2-8-11-12-10(18-8)13-19(15,16)9-4-3-7(17-9)5-6-14/h3-4,14H,2,5-6H2,1H3,(H,12,13). The van der Waals surface area contributed by atoms with Crippen LogP contribution in [0.2, 0.25) is 0 Å². The molecule has 2 N–H and O–H groups in total. The monoisotopic (exact) mass is 319 g/mol. The van der Waals surface area contributed by atoms with Gasteiger partial charge in [-0.3, -0.25) is 4.72 Å². The van der Waals surface area contributed by atoms with Gasteiger partial charge in [0.05, 0.1) is 0 Å². The number of thiophene rings is 1. The van der Waals surface area contributed by atoms with Crippen molar-refractivity contribution < 1.29 is 13.5 Å². The van der Waals surface area contributed by atoms with Gasteiger partial charge in [0.25, 0.3) is 10.0 Å². The Balaban J connectivity index is 2.16. The van der Waals surface area contributed by atoms with Crippen LogP contribution in [0.25, 0.3) is 0 Å². The third-order valence-electron chi connectivity index (χ3n) is 2.25. The number of aliphatic hydroxyl groups is 1. The second-order valence-electron chi connectivity index (χ2n) is 3.65. The molecule has 0 aliphatic carbocycles. The first-order valence-corrected chi connectivity index (χ1v) is 8.71. The van der Waals surface area contributed by atoms with E-state index < -0.39 is 10.0 Å². The molecule has 2 aromatic rings. The van der Waals surface area contributed by atoms with E-state index in [9.17, 15) is 8.42 Å². The minimum Gasteiger partial charge on any atom is -0.396 e. The van der Waals surface area contributed by atoms with Crippen LogP contribution in [-0.4, -0.2) is 30.3 Å². The summed E-state index contributed by atoms with van der Waals surface area (Å²) in [6.45, 7) is 1.93. The van der Waals surface area contributed by atoms with Crippen molar-refractivity contribution in [3.63, 3.8) is 0 Å². The zero-order valence-corrected chi connectivity index (χ0v) is 12.6. The van der Waals surface area contributed by atoms with Gasteiger partial charge < -0.3 is 5.11 Å². The van der Waals surface area contributed by atoms with Gasteiger partial charge in [0.2, 0.25) is 5.13 Å². The molecule has 19 heavy (non-hydrogen) atoms. The van der Waals surface area contributed by atoms with Crippen LogP contribution in [0.3, 0.4) is 0 Å². The van der Waals surface area contributed by atoms with Gasteiger partial charge in [0.1, 0.15) is 9.22 Å². The molecule has 0 fully saturated rings. The van der Waals surface area contributed by atoms with Crippen LogP contribution in [0, 0.1) is 0 Å². The Morgan fingerprint density at radius 2 is 2.11 bits per heavy atom. The van der Waals surface area contributed by atoms with Crippen molar-refractivity contribution in [1.82, 2.24) is 10.2 Å². The molecule has 0 aliphatic heterocycles. The summed E-state index contributed by atoms with van der Waals surface area (Å²) in [5.41, 5.74) is 0. The van der Waals surface area contributed by atoms with Gasteiger partial charge in [-0.2, -0.15) is 0 Å². The fourth-order valence-corrected chi connectivity index (χ4v) is 4.60. The third-order valence-corrected chi connectivity index (χ3v) is 6.34. The number of anilines is 1. The smallest absolute Gasteiger partial charge is 0.273 e. The van der Waals surface area contributed by atoms with E-state index in [1.54, 1.807) is 6.07 Å². The highest BCUT2D eigenvalue weighted by Gasteiger charge is 2.18. The van der Waals surface area contributed by atoms with Crippen molar-refractivity contribution in [1.29, 1.82) is 0 Å². The second kappa shape index (κ2) is 5.95. The predicted octanol–water partition coefficient (Wildman–Crippen LogP) is 1.50. The number of nitrogens with zero attached hydrogens (tertiary/aromatic N) is 2. The van der Waals surface area contributed by atoms with Crippen molar-refractivity contribution in [3.05, 3.63) is 22.0 Å². The van der Waals surface area contributed by atoms with E-state index in [2.05, 4.69) is 14.9 Å². The van der Waals surface area contributed by atoms with E-state index in [4.69, 9.17) is 5.11 Å². The lowest BCUT2D eigenvalue weighted by Crippen LogP contribution is -2.11. The maximum atomic E-state index is 12.1. The summed E-state index contributed by atoms with van der Waals surface area (Å²) in [4.78, 5) is 0.828. The molecule has 0 bridgehead atoms. The number of sulfonamides is 1. The average molecular weight is 319 g/mol. The number of aromatic nitrogens is 2. The lowest BCUT2D eigenvalue weighted by Gasteiger charge is -2.00. The molecule has 0 saturated carbocycles. The summed E-state index contributed by atoms with van der Waals surface area (Å²) in [6.07, 6.45) is 1.18. The fraction of sp³-hybridized carbons (Fsp3) is 0.400. The number of rotatable bonds is 6. The summed E-state index contributed by atoms with van der Waals surface area (Å²) in [6, 6.07) is 3.23. The van der Waals surface area contributed by atoms with Gasteiger partial charge in [0.15, 0.2) is 0 Å². The van der Waals surface area contributed by atoms with E-state index >= 15 is 0 Å². The van der Waals surface area contributed by atoms with Crippen LogP contribution in [-0.2, 0) is 22.9 Å². The summed E-state index contributed by atoms with van der Waals surface area (Å²) in [7, 11) is -3.61. The Kier molecular flexibility index (Phi) is 4.50. The van der Waals surface area contributed by atoms with Crippen molar-refractivity contribution in [3.8, 4) is 0 Å². The van der Waals surface area contributed by atoms with Crippen LogP contribution in [0.1, 0.15) is 16.8 Å². The van der Waals surface area contributed by atoms with Crippen molar-refractivity contribution in [2.24, 2.45) is 0 Å². The molecule has 2 aromatic heterocycles. The van der Waals surface area contributed by atoms with Crippen LogP contribution < -0.4 is 4.72 Å². The molecular weight excluding hydrogens is 306 g/mol. The first-order chi connectivity index (χ1) is 9.05. The lowest BCUT2D eigenvalue weighted by molar-refractivity contribution is 0.300. The molecule has 0 unspecified atom stereocenters. The highest BCUT2D eigenvalue weighted by atomic mass is 32.2. The molecule has 6 nitrogen and oxygen atoms in total. The molecule has 0 aromatic carbocycles. The van der Waals surface area contributed by atoms with Crippen molar-refractivity contribution >= 4 is 37.8 Å². The number of hydrogen-bond acceptors (Lipinski definition) is 7. The molecule has 0 spiro atoms. The number of aryl methyl sites for hydroxylation is 1. The number of nitrogens with one attached hydrogen (secondary N) is 1. The van der Waals surface area contributed by atoms with Gasteiger partial charge in [-0.1, -0.05) is 18.3 Å². The van der Waals surface area contributed by atoms with E-state index in [-0.39, 0.29) is 15.9 Å². The van der Waals surface area contributed by atoms with Crippen LogP contribution >= 0.6 is 22.7 Å².